The number of aliphatic imine (C=N–C) groups is 1. The predicted octanol–water partition coefficient (Wildman–Crippen LogP) is 3.48. The van der Waals surface area contributed by atoms with Gasteiger partial charge in [0.25, 0.3) is 0 Å². The van der Waals surface area contributed by atoms with Crippen LogP contribution in [0.25, 0.3) is 0 Å². The highest BCUT2D eigenvalue weighted by atomic mass is 16.5. The van der Waals surface area contributed by atoms with Crippen LogP contribution in [0.15, 0.2) is 33.7 Å². The number of rotatable bonds is 7. The molecule has 0 spiro atoms. The zero-order chi connectivity index (χ0) is 18.4. The maximum Gasteiger partial charge on any atom is 0.214 e. The van der Waals surface area contributed by atoms with Crippen LogP contribution in [-0.4, -0.2) is 23.6 Å². The summed E-state index contributed by atoms with van der Waals surface area (Å²) >= 11 is 0. The van der Waals surface area contributed by atoms with Gasteiger partial charge in [0.1, 0.15) is 11.5 Å². The molecule has 6 heteroatoms. The average molecular weight is 356 g/mol. The molecule has 140 valence electrons. The average Bonchev–Trinajstić information content (AvgIpc) is 2.92. The van der Waals surface area contributed by atoms with Crippen LogP contribution in [0.1, 0.15) is 49.1 Å². The molecule has 0 aliphatic heterocycles. The van der Waals surface area contributed by atoms with Gasteiger partial charge in [-0.25, -0.2) is 9.98 Å². The second-order valence-corrected chi connectivity index (χ2v) is 6.58. The van der Waals surface area contributed by atoms with Crippen molar-refractivity contribution in [1.29, 1.82) is 0 Å². The van der Waals surface area contributed by atoms with E-state index in [1.807, 2.05) is 39.0 Å². The smallest absolute Gasteiger partial charge is 0.214 e. The maximum absolute atomic E-state index is 6.08. The van der Waals surface area contributed by atoms with E-state index >= 15 is 0 Å². The largest absolute Gasteiger partial charge is 0.490 e. The number of guanidine groups is 1. The van der Waals surface area contributed by atoms with E-state index < -0.39 is 0 Å². The zero-order valence-electron chi connectivity index (χ0n) is 15.8. The van der Waals surface area contributed by atoms with Crippen molar-refractivity contribution in [1.82, 2.24) is 15.6 Å². The number of para-hydroxylation sites is 1. The Balaban J connectivity index is 1.63. The first-order valence-electron chi connectivity index (χ1n) is 9.35. The molecule has 0 saturated heterocycles. The minimum absolute atomic E-state index is 0.364. The Hall–Kier alpha value is -2.50. The van der Waals surface area contributed by atoms with Gasteiger partial charge >= 0.3 is 0 Å². The van der Waals surface area contributed by atoms with Crippen molar-refractivity contribution in [3.05, 3.63) is 47.2 Å². The molecule has 6 nitrogen and oxygen atoms in total. The van der Waals surface area contributed by atoms with E-state index in [-0.39, 0.29) is 0 Å². The van der Waals surface area contributed by atoms with Gasteiger partial charge in [-0.1, -0.05) is 18.2 Å². The van der Waals surface area contributed by atoms with Crippen LogP contribution in [0, 0.1) is 13.8 Å². The van der Waals surface area contributed by atoms with Gasteiger partial charge in [0.2, 0.25) is 5.89 Å². The van der Waals surface area contributed by atoms with Gasteiger partial charge in [0, 0.05) is 12.1 Å². The zero-order valence-corrected chi connectivity index (χ0v) is 15.8. The number of hydrogen-bond donors (Lipinski definition) is 2. The second kappa shape index (κ2) is 8.74. The van der Waals surface area contributed by atoms with Gasteiger partial charge in [-0.15, -0.1) is 0 Å². The van der Waals surface area contributed by atoms with Crippen LogP contribution >= 0.6 is 0 Å². The summed E-state index contributed by atoms with van der Waals surface area (Å²) in [5.41, 5.74) is 2.02. The van der Waals surface area contributed by atoms with Crippen molar-refractivity contribution in [2.75, 3.05) is 6.54 Å². The molecule has 0 unspecified atom stereocenters. The lowest BCUT2D eigenvalue weighted by molar-refractivity contribution is 0.119. The highest BCUT2D eigenvalue weighted by molar-refractivity contribution is 5.79. The molecule has 1 aromatic carbocycles. The van der Waals surface area contributed by atoms with E-state index in [4.69, 9.17) is 9.15 Å². The number of nitrogens with zero attached hydrogens (tertiary/aromatic N) is 2. The number of oxazole rings is 1. The second-order valence-electron chi connectivity index (χ2n) is 6.58. The van der Waals surface area contributed by atoms with Crippen molar-refractivity contribution in [3.63, 3.8) is 0 Å². The monoisotopic (exact) mass is 356 g/mol. The Bertz CT molecular complexity index is 731. The molecule has 1 heterocycles. The number of nitrogens with one attached hydrogen (secondary N) is 2. The van der Waals surface area contributed by atoms with Gasteiger partial charge in [0.15, 0.2) is 5.96 Å². The Labute approximate surface area is 155 Å². The SMILES string of the molecule is CCNC(=NCc1ccccc1OC1CCC1)NCc1nc(C)c(C)o1. The van der Waals surface area contributed by atoms with E-state index in [9.17, 15) is 0 Å². The number of aryl methyl sites for hydroxylation is 2. The quantitative estimate of drug-likeness (QED) is 0.587. The molecule has 0 bridgehead atoms. The third kappa shape index (κ3) is 4.77. The first-order valence-corrected chi connectivity index (χ1v) is 9.35. The standard InChI is InChI=1S/C20H28N4O2/c1-4-21-20(23-13-19-24-14(2)15(3)25-19)22-12-16-8-5-6-11-18(16)26-17-9-7-10-17/h5-6,8,11,17H,4,7,9-10,12-13H2,1-3H3,(H2,21,22,23). The molecule has 1 saturated carbocycles. The van der Waals surface area contributed by atoms with Crippen molar-refractivity contribution < 1.29 is 9.15 Å². The summed E-state index contributed by atoms with van der Waals surface area (Å²) in [6.45, 7) is 7.76. The lowest BCUT2D eigenvalue weighted by Crippen LogP contribution is -2.36. The Morgan fingerprint density at radius 1 is 1.27 bits per heavy atom. The Morgan fingerprint density at radius 2 is 2.08 bits per heavy atom. The van der Waals surface area contributed by atoms with Crippen molar-refractivity contribution in [2.24, 2.45) is 4.99 Å². The van der Waals surface area contributed by atoms with Crippen LogP contribution < -0.4 is 15.4 Å². The summed E-state index contributed by atoms with van der Waals surface area (Å²) in [7, 11) is 0. The molecule has 1 aliphatic rings. The summed E-state index contributed by atoms with van der Waals surface area (Å²) < 4.78 is 11.7. The molecule has 3 rings (SSSR count). The lowest BCUT2D eigenvalue weighted by Gasteiger charge is -2.27. The molecule has 2 N–H and O–H groups in total. The number of benzene rings is 1. The lowest BCUT2D eigenvalue weighted by atomic mass is 9.96. The molecule has 2 aromatic rings. The molecular formula is C20H28N4O2. The topological polar surface area (TPSA) is 71.7 Å². The van der Waals surface area contributed by atoms with Crippen LogP contribution in [0.5, 0.6) is 5.75 Å². The predicted molar refractivity (Wildman–Crippen MR) is 102 cm³/mol. The van der Waals surface area contributed by atoms with E-state index in [0.29, 0.717) is 25.1 Å². The van der Waals surface area contributed by atoms with E-state index in [0.717, 1.165) is 48.1 Å². The summed E-state index contributed by atoms with van der Waals surface area (Å²) in [5, 5.41) is 6.53. The van der Waals surface area contributed by atoms with Crippen molar-refractivity contribution >= 4 is 5.96 Å². The van der Waals surface area contributed by atoms with E-state index in [2.05, 4.69) is 26.7 Å². The molecule has 0 radical (unpaired) electrons. The van der Waals surface area contributed by atoms with Gasteiger partial charge in [-0.05, 0) is 46.1 Å². The molecule has 26 heavy (non-hydrogen) atoms. The maximum atomic E-state index is 6.08. The highest BCUT2D eigenvalue weighted by Gasteiger charge is 2.20. The Kier molecular flexibility index (Phi) is 6.15. The molecule has 1 aromatic heterocycles. The fourth-order valence-corrected chi connectivity index (χ4v) is 2.70. The first-order chi connectivity index (χ1) is 12.7. The van der Waals surface area contributed by atoms with Crippen molar-refractivity contribution in [2.45, 2.75) is 59.2 Å². The third-order valence-corrected chi connectivity index (χ3v) is 4.55. The number of aromatic nitrogens is 1. The van der Waals surface area contributed by atoms with E-state index in [1.165, 1.54) is 6.42 Å². The normalized spacial score (nSPS) is 14.8. The summed E-state index contributed by atoms with van der Waals surface area (Å²) in [6, 6.07) is 8.14. The first kappa shape index (κ1) is 18.3. The number of hydrogen-bond acceptors (Lipinski definition) is 4. The van der Waals surface area contributed by atoms with Gasteiger partial charge in [-0.2, -0.15) is 0 Å². The molecule has 1 aliphatic carbocycles. The van der Waals surface area contributed by atoms with E-state index in [1.54, 1.807) is 0 Å². The number of ether oxygens (including phenoxy) is 1. The minimum Gasteiger partial charge on any atom is -0.490 e. The Morgan fingerprint density at radius 3 is 2.73 bits per heavy atom. The molecule has 0 atom stereocenters. The molecular weight excluding hydrogens is 328 g/mol. The van der Waals surface area contributed by atoms with Crippen LogP contribution in [0.4, 0.5) is 0 Å². The third-order valence-electron chi connectivity index (χ3n) is 4.55. The van der Waals surface area contributed by atoms with Crippen LogP contribution in [-0.2, 0) is 13.1 Å². The van der Waals surface area contributed by atoms with Gasteiger partial charge < -0.3 is 19.8 Å². The summed E-state index contributed by atoms with van der Waals surface area (Å²) in [6.07, 6.45) is 3.93. The van der Waals surface area contributed by atoms with Crippen LogP contribution in [0.2, 0.25) is 0 Å². The highest BCUT2D eigenvalue weighted by Crippen LogP contribution is 2.27. The van der Waals surface area contributed by atoms with Gasteiger partial charge in [0.05, 0.1) is 24.9 Å². The fraction of sp³-hybridized carbons (Fsp3) is 0.500. The summed E-state index contributed by atoms with van der Waals surface area (Å²) in [5.74, 6) is 3.19. The van der Waals surface area contributed by atoms with Crippen LogP contribution in [0.3, 0.4) is 0 Å². The van der Waals surface area contributed by atoms with Crippen molar-refractivity contribution in [3.8, 4) is 5.75 Å². The fourth-order valence-electron chi connectivity index (χ4n) is 2.70. The minimum atomic E-state index is 0.364. The van der Waals surface area contributed by atoms with Gasteiger partial charge in [-0.3, -0.25) is 0 Å². The molecule has 0 amide bonds. The molecule has 1 fully saturated rings. The summed E-state index contributed by atoms with van der Waals surface area (Å²) in [4.78, 5) is 9.08.